The molecule has 0 bridgehead atoms. The topological polar surface area (TPSA) is 138 Å². The molecule has 0 unspecified atom stereocenters. The molecule has 5 rings (SSSR count). The molecule has 4 heterocycles. The molecule has 1 saturated heterocycles. The van der Waals surface area contributed by atoms with Gasteiger partial charge in [0.15, 0.2) is 11.5 Å². The van der Waals surface area contributed by atoms with Crippen molar-refractivity contribution >= 4 is 29.1 Å². The number of anilines is 3. The smallest absolute Gasteiger partial charge is 0.405 e. The van der Waals surface area contributed by atoms with Crippen LogP contribution in [-0.4, -0.2) is 62.0 Å². The predicted octanol–water partition coefficient (Wildman–Crippen LogP) is 3.35. The summed E-state index contributed by atoms with van der Waals surface area (Å²) >= 11 is 0. The van der Waals surface area contributed by atoms with E-state index in [1.165, 1.54) is 23.0 Å². The molecule has 38 heavy (non-hydrogen) atoms. The lowest BCUT2D eigenvalue weighted by atomic mass is 9.72. The molecule has 2 amide bonds. The lowest BCUT2D eigenvalue weighted by Crippen LogP contribution is -2.38. The fourth-order valence-corrected chi connectivity index (χ4v) is 4.95. The van der Waals surface area contributed by atoms with Gasteiger partial charge in [-0.15, -0.1) is 0 Å². The number of carbonyl (C=O) groups excluding carboxylic acids is 2. The number of aryl methyl sites for hydroxylation is 1. The first-order chi connectivity index (χ1) is 18.0. The number of hydrogen-bond donors (Lipinski definition) is 3. The van der Waals surface area contributed by atoms with Gasteiger partial charge in [-0.2, -0.15) is 18.3 Å². The van der Waals surface area contributed by atoms with E-state index in [0.717, 1.165) is 6.26 Å². The number of aromatic nitrogens is 4. The Kier molecular flexibility index (Phi) is 6.59. The van der Waals surface area contributed by atoms with Gasteiger partial charge in [0.2, 0.25) is 11.8 Å². The number of aliphatic hydroxyl groups is 1. The largest absolute Gasteiger partial charge is 0.444 e. The molecular formula is C24H26F3N7O4. The Morgan fingerprint density at radius 1 is 1.29 bits per heavy atom. The van der Waals surface area contributed by atoms with E-state index in [2.05, 4.69) is 25.7 Å². The van der Waals surface area contributed by atoms with Crippen LogP contribution in [0.2, 0.25) is 0 Å². The van der Waals surface area contributed by atoms with Crippen molar-refractivity contribution in [1.82, 2.24) is 19.7 Å². The molecule has 2 fully saturated rings. The number of carbonyl (C=O) groups is 2. The summed E-state index contributed by atoms with van der Waals surface area (Å²) in [7, 11) is 1.68. The fourth-order valence-electron chi connectivity index (χ4n) is 4.95. The van der Waals surface area contributed by atoms with Crippen molar-refractivity contribution in [3.8, 4) is 11.5 Å². The number of aliphatic hydroxyl groups excluding tert-OH is 1. The number of halogens is 3. The van der Waals surface area contributed by atoms with Gasteiger partial charge in [0.05, 0.1) is 17.7 Å². The summed E-state index contributed by atoms with van der Waals surface area (Å²) in [6, 6.07) is 2.82. The fraction of sp³-hybridized carbons (Fsp3) is 0.458. The molecule has 0 aromatic carbocycles. The second-order valence-corrected chi connectivity index (χ2v) is 9.65. The Bertz CT molecular complexity index is 1340. The predicted molar refractivity (Wildman–Crippen MR) is 129 cm³/mol. The van der Waals surface area contributed by atoms with E-state index in [-0.39, 0.29) is 29.4 Å². The van der Waals surface area contributed by atoms with Crippen molar-refractivity contribution in [3.63, 3.8) is 0 Å². The van der Waals surface area contributed by atoms with E-state index in [4.69, 9.17) is 4.42 Å². The van der Waals surface area contributed by atoms with Gasteiger partial charge < -0.3 is 20.2 Å². The standard InChI is InChI=1S/C24H26F3N7O4/c1-33-11-16(19(32-33)34-9-7-23(22(34)37)5-2-15(35)3-6-23)30-20(36)17-12-38-21(31-17)14-4-8-28-18(10-14)29-13-24(25,26)27/h4,8,10-12,15,35H,2-3,5-7,9,13H2,1H3,(H,28,29)(H,30,36). The Morgan fingerprint density at radius 3 is 2.79 bits per heavy atom. The third-order valence-corrected chi connectivity index (χ3v) is 6.95. The summed E-state index contributed by atoms with van der Waals surface area (Å²) in [4.78, 5) is 35.9. The maximum atomic E-state index is 13.4. The molecule has 0 radical (unpaired) electrons. The number of nitrogens with zero attached hydrogens (tertiary/aromatic N) is 5. The molecule has 3 aromatic rings. The summed E-state index contributed by atoms with van der Waals surface area (Å²) in [5, 5.41) is 19.2. The van der Waals surface area contributed by atoms with E-state index >= 15 is 0 Å². The van der Waals surface area contributed by atoms with E-state index in [1.807, 2.05) is 0 Å². The maximum absolute atomic E-state index is 13.4. The average Bonchev–Trinajstić information content (AvgIpc) is 3.58. The molecule has 1 aliphatic carbocycles. The third-order valence-electron chi connectivity index (χ3n) is 6.95. The Labute approximate surface area is 215 Å². The van der Waals surface area contributed by atoms with E-state index in [0.29, 0.717) is 55.7 Å². The second kappa shape index (κ2) is 9.74. The monoisotopic (exact) mass is 533 g/mol. The second-order valence-electron chi connectivity index (χ2n) is 9.65. The molecular weight excluding hydrogens is 507 g/mol. The highest BCUT2D eigenvalue weighted by atomic mass is 19.4. The van der Waals surface area contributed by atoms with Crippen molar-refractivity contribution in [2.45, 2.75) is 44.4 Å². The van der Waals surface area contributed by atoms with Gasteiger partial charge >= 0.3 is 6.18 Å². The number of hydrogen-bond acceptors (Lipinski definition) is 8. The Hall–Kier alpha value is -3.94. The first-order valence-corrected chi connectivity index (χ1v) is 12.1. The van der Waals surface area contributed by atoms with Crippen LogP contribution in [0.4, 0.5) is 30.5 Å². The third kappa shape index (κ3) is 5.21. The number of amides is 2. The van der Waals surface area contributed by atoms with Crippen LogP contribution in [0.1, 0.15) is 42.6 Å². The lowest BCUT2D eigenvalue weighted by molar-refractivity contribution is -0.128. The van der Waals surface area contributed by atoms with Gasteiger partial charge in [-0.25, -0.2) is 9.97 Å². The van der Waals surface area contributed by atoms with Crippen LogP contribution in [0.25, 0.3) is 11.5 Å². The number of pyridine rings is 1. The summed E-state index contributed by atoms with van der Waals surface area (Å²) < 4.78 is 44.4. The van der Waals surface area contributed by atoms with Gasteiger partial charge in [-0.05, 0) is 44.2 Å². The minimum atomic E-state index is -4.41. The van der Waals surface area contributed by atoms with Crippen LogP contribution in [0.5, 0.6) is 0 Å². The van der Waals surface area contributed by atoms with Crippen molar-refractivity contribution in [3.05, 3.63) is 36.5 Å². The Morgan fingerprint density at radius 2 is 2.05 bits per heavy atom. The highest BCUT2D eigenvalue weighted by Crippen LogP contribution is 2.46. The zero-order valence-electron chi connectivity index (χ0n) is 20.5. The van der Waals surface area contributed by atoms with Crippen LogP contribution in [0.3, 0.4) is 0 Å². The van der Waals surface area contributed by atoms with Crippen LogP contribution in [0.15, 0.2) is 35.2 Å². The number of oxazole rings is 1. The van der Waals surface area contributed by atoms with E-state index in [1.54, 1.807) is 18.1 Å². The van der Waals surface area contributed by atoms with Gasteiger partial charge in [0.25, 0.3) is 5.91 Å². The minimum Gasteiger partial charge on any atom is -0.444 e. The Balaban J connectivity index is 1.30. The molecule has 14 heteroatoms. The van der Waals surface area contributed by atoms with E-state index in [9.17, 15) is 27.9 Å². The normalized spacial score (nSPS) is 21.8. The molecule has 3 aromatic heterocycles. The summed E-state index contributed by atoms with van der Waals surface area (Å²) in [5.74, 6) is -0.345. The molecule has 1 aliphatic heterocycles. The first-order valence-electron chi connectivity index (χ1n) is 12.1. The van der Waals surface area contributed by atoms with Gasteiger partial charge in [-0.1, -0.05) is 0 Å². The van der Waals surface area contributed by atoms with Crippen LogP contribution < -0.4 is 15.5 Å². The lowest BCUT2D eigenvalue weighted by Gasteiger charge is -2.33. The molecule has 1 spiro atoms. The van der Waals surface area contributed by atoms with Gasteiger partial charge in [0.1, 0.15) is 24.3 Å². The molecule has 11 nitrogen and oxygen atoms in total. The zero-order valence-corrected chi connectivity index (χ0v) is 20.5. The molecule has 0 atom stereocenters. The molecule has 202 valence electrons. The van der Waals surface area contributed by atoms with Crippen molar-refractivity contribution < 1.29 is 32.3 Å². The highest BCUT2D eigenvalue weighted by molar-refractivity contribution is 6.07. The highest BCUT2D eigenvalue weighted by Gasteiger charge is 2.49. The van der Waals surface area contributed by atoms with Crippen LogP contribution in [-0.2, 0) is 11.8 Å². The van der Waals surface area contributed by atoms with Crippen molar-refractivity contribution in [2.75, 3.05) is 28.6 Å². The average molecular weight is 534 g/mol. The van der Waals surface area contributed by atoms with Gasteiger partial charge in [-0.3, -0.25) is 19.2 Å². The summed E-state index contributed by atoms with van der Waals surface area (Å²) in [5.41, 5.74) is 0.0707. The molecule has 1 saturated carbocycles. The van der Waals surface area contributed by atoms with Crippen molar-refractivity contribution in [2.24, 2.45) is 12.5 Å². The number of nitrogens with one attached hydrogen (secondary N) is 2. The quantitative estimate of drug-likeness (QED) is 0.439. The van der Waals surface area contributed by atoms with E-state index < -0.39 is 24.0 Å². The number of rotatable bonds is 6. The van der Waals surface area contributed by atoms with Gasteiger partial charge in [0, 0.05) is 25.4 Å². The molecule has 2 aliphatic rings. The number of alkyl halides is 3. The maximum Gasteiger partial charge on any atom is 0.405 e. The van der Waals surface area contributed by atoms with Crippen molar-refractivity contribution in [1.29, 1.82) is 0 Å². The first kappa shape index (κ1) is 25.7. The summed E-state index contributed by atoms with van der Waals surface area (Å²) in [6.07, 6.45) is 2.27. The molecule has 3 N–H and O–H groups in total. The van der Waals surface area contributed by atoms with Crippen LogP contribution in [0, 0.1) is 5.41 Å². The summed E-state index contributed by atoms with van der Waals surface area (Å²) in [6.45, 7) is -0.797. The SMILES string of the molecule is Cn1cc(NC(=O)c2coc(-c3ccnc(NCC(F)(F)F)c3)n2)c(N2CCC3(CCC(O)CC3)C2=O)n1. The zero-order chi connectivity index (χ0) is 27.1. The van der Waals surface area contributed by atoms with Crippen LogP contribution >= 0.6 is 0 Å². The minimum absolute atomic E-state index is 0.0233.